The van der Waals surface area contributed by atoms with Crippen LogP contribution in [0, 0.1) is 0 Å². The Balaban J connectivity index is 2.11. The maximum Gasteiger partial charge on any atom is 0.406 e. The number of para-hydroxylation sites is 1. The van der Waals surface area contributed by atoms with Crippen molar-refractivity contribution in [2.45, 2.75) is 19.3 Å². The summed E-state index contributed by atoms with van der Waals surface area (Å²) < 4.78 is 43.5. The molecule has 0 unspecified atom stereocenters. The minimum absolute atomic E-state index is 0.125. The van der Waals surface area contributed by atoms with Gasteiger partial charge in [0.15, 0.2) is 5.75 Å². The molecule has 2 aromatic rings. The molecular weight excluding hydrogens is 307 g/mol. The second-order valence-corrected chi connectivity index (χ2v) is 4.67. The monoisotopic (exact) mass is 319 g/mol. The zero-order valence-corrected chi connectivity index (χ0v) is 11.9. The Morgan fingerprint density at radius 1 is 1.38 bits per heavy atom. The van der Waals surface area contributed by atoms with Crippen LogP contribution in [-0.4, -0.2) is 22.8 Å². The molecule has 4 nitrogen and oxygen atoms in total. The average molecular weight is 320 g/mol. The summed E-state index contributed by atoms with van der Waals surface area (Å²) in [4.78, 5) is 3.92. The van der Waals surface area contributed by atoms with Crippen LogP contribution in [0.25, 0.3) is 0 Å². The van der Waals surface area contributed by atoms with Gasteiger partial charge < -0.3 is 14.6 Å². The summed E-state index contributed by atoms with van der Waals surface area (Å²) in [5.74, 6) is 0.711. The molecule has 1 heterocycles. The number of imidazole rings is 1. The van der Waals surface area contributed by atoms with Crippen LogP contribution < -0.4 is 10.1 Å². The van der Waals surface area contributed by atoms with Crippen LogP contribution in [0.15, 0.2) is 30.6 Å². The van der Waals surface area contributed by atoms with E-state index < -0.39 is 12.7 Å². The first kappa shape index (κ1) is 15.5. The molecule has 8 heteroatoms. The van der Waals surface area contributed by atoms with Crippen LogP contribution in [0.5, 0.6) is 5.75 Å². The molecule has 0 aliphatic carbocycles. The molecule has 0 radical (unpaired) electrons. The summed E-state index contributed by atoms with van der Waals surface area (Å²) in [7, 11) is 1.47. The molecule has 0 amide bonds. The Labute approximate surface area is 124 Å². The van der Waals surface area contributed by atoms with E-state index in [-0.39, 0.29) is 12.4 Å². The van der Waals surface area contributed by atoms with Gasteiger partial charge in [0.25, 0.3) is 0 Å². The van der Waals surface area contributed by atoms with Gasteiger partial charge in [0.1, 0.15) is 12.4 Å². The molecule has 0 aliphatic heterocycles. The fourth-order valence-corrected chi connectivity index (χ4v) is 2.13. The molecule has 1 aromatic carbocycles. The second kappa shape index (κ2) is 6.26. The van der Waals surface area contributed by atoms with Crippen molar-refractivity contribution in [1.29, 1.82) is 0 Å². The van der Waals surface area contributed by atoms with Crippen LogP contribution in [0.3, 0.4) is 0 Å². The lowest BCUT2D eigenvalue weighted by atomic mass is 10.3. The van der Waals surface area contributed by atoms with Crippen molar-refractivity contribution in [2.24, 2.45) is 0 Å². The molecular formula is C13H13ClF3N3O. The molecule has 0 saturated carbocycles. The highest BCUT2D eigenvalue weighted by Gasteiger charge is 2.28. The first-order valence-electron chi connectivity index (χ1n) is 6.04. The number of aromatic nitrogens is 2. The maximum atomic E-state index is 12.4. The van der Waals surface area contributed by atoms with Gasteiger partial charge in [0, 0.05) is 12.4 Å². The van der Waals surface area contributed by atoms with E-state index in [0.29, 0.717) is 16.5 Å². The van der Waals surface area contributed by atoms with Gasteiger partial charge in [-0.25, -0.2) is 4.98 Å². The number of alkyl halides is 3. The zero-order valence-electron chi connectivity index (χ0n) is 11.1. The first-order chi connectivity index (χ1) is 9.90. The van der Waals surface area contributed by atoms with E-state index in [2.05, 4.69) is 10.3 Å². The number of ether oxygens (including phenoxy) is 1. The first-order valence-corrected chi connectivity index (χ1v) is 6.41. The molecule has 1 aromatic heterocycles. The number of halogens is 4. The smallest absolute Gasteiger partial charge is 0.406 e. The molecule has 0 aliphatic rings. The predicted octanol–water partition coefficient (Wildman–Crippen LogP) is 3.72. The van der Waals surface area contributed by atoms with Gasteiger partial charge in [0.05, 0.1) is 24.4 Å². The van der Waals surface area contributed by atoms with Crippen molar-refractivity contribution < 1.29 is 17.9 Å². The summed E-state index contributed by atoms with van der Waals surface area (Å²) in [6, 6.07) is 5.10. The number of rotatable bonds is 5. The number of hydrogen-bond acceptors (Lipinski definition) is 3. The Morgan fingerprint density at radius 2 is 2.14 bits per heavy atom. The number of nitrogens with one attached hydrogen (secondary N) is 1. The van der Waals surface area contributed by atoms with Crippen LogP contribution in [0.1, 0.15) is 5.82 Å². The van der Waals surface area contributed by atoms with Gasteiger partial charge in [-0.2, -0.15) is 13.2 Å². The van der Waals surface area contributed by atoms with Gasteiger partial charge in [0.2, 0.25) is 0 Å². The SMILES string of the molecule is COc1c(Cl)cccc1NCc1nccn1CC(F)(F)F. The number of hydrogen-bond donors (Lipinski definition) is 1. The number of methoxy groups -OCH3 is 1. The van der Waals surface area contributed by atoms with Crippen molar-refractivity contribution in [3.63, 3.8) is 0 Å². The predicted molar refractivity (Wildman–Crippen MR) is 73.6 cm³/mol. The van der Waals surface area contributed by atoms with E-state index in [1.54, 1.807) is 18.2 Å². The van der Waals surface area contributed by atoms with Crippen LogP contribution in [0.4, 0.5) is 18.9 Å². The average Bonchev–Trinajstić information content (AvgIpc) is 2.81. The minimum Gasteiger partial charge on any atom is -0.493 e. The maximum absolute atomic E-state index is 12.4. The van der Waals surface area contributed by atoms with Gasteiger partial charge in [-0.3, -0.25) is 0 Å². The Kier molecular flexibility index (Phi) is 4.62. The molecule has 0 bridgehead atoms. The van der Waals surface area contributed by atoms with E-state index >= 15 is 0 Å². The highest BCUT2D eigenvalue weighted by Crippen LogP contribution is 2.32. The number of nitrogens with zero attached hydrogens (tertiary/aromatic N) is 2. The fourth-order valence-electron chi connectivity index (χ4n) is 1.87. The van der Waals surface area contributed by atoms with Crippen LogP contribution in [-0.2, 0) is 13.1 Å². The topological polar surface area (TPSA) is 39.1 Å². The molecule has 114 valence electrons. The third kappa shape index (κ3) is 4.04. The zero-order chi connectivity index (χ0) is 15.5. The van der Waals surface area contributed by atoms with E-state index in [0.717, 1.165) is 4.57 Å². The van der Waals surface area contributed by atoms with E-state index in [1.807, 2.05) is 0 Å². The van der Waals surface area contributed by atoms with Crippen molar-refractivity contribution in [2.75, 3.05) is 12.4 Å². The number of anilines is 1. The van der Waals surface area contributed by atoms with Crippen molar-refractivity contribution in [3.05, 3.63) is 41.4 Å². The minimum atomic E-state index is -4.29. The quantitative estimate of drug-likeness (QED) is 0.913. The van der Waals surface area contributed by atoms with Gasteiger partial charge in [-0.15, -0.1) is 0 Å². The second-order valence-electron chi connectivity index (χ2n) is 4.26. The highest BCUT2D eigenvalue weighted by atomic mass is 35.5. The lowest BCUT2D eigenvalue weighted by Crippen LogP contribution is -2.20. The molecule has 0 saturated heterocycles. The fraction of sp³-hybridized carbons (Fsp3) is 0.308. The molecule has 1 N–H and O–H groups in total. The lowest BCUT2D eigenvalue weighted by Gasteiger charge is -2.14. The summed E-state index contributed by atoms with van der Waals surface area (Å²) in [6.07, 6.45) is -1.67. The standard InChI is InChI=1S/C13H13ClF3N3O/c1-21-12-9(14)3-2-4-10(12)19-7-11-18-5-6-20(11)8-13(15,16)17/h2-6,19H,7-8H2,1H3. The highest BCUT2D eigenvalue weighted by molar-refractivity contribution is 6.32. The Bertz CT molecular complexity index is 613. The van der Waals surface area contributed by atoms with Crippen molar-refractivity contribution in [3.8, 4) is 5.75 Å². The summed E-state index contributed by atoms with van der Waals surface area (Å²) in [5, 5.41) is 3.39. The van der Waals surface area contributed by atoms with E-state index in [4.69, 9.17) is 16.3 Å². The lowest BCUT2D eigenvalue weighted by molar-refractivity contribution is -0.141. The van der Waals surface area contributed by atoms with Crippen LogP contribution >= 0.6 is 11.6 Å². The third-order valence-corrected chi connectivity index (χ3v) is 3.06. The Hall–Kier alpha value is -1.89. The molecule has 21 heavy (non-hydrogen) atoms. The largest absolute Gasteiger partial charge is 0.493 e. The summed E-state index contributed by atoms with van der Waals surface area (Å²) >= 11 is 5.97. The summed E-state index contributed by atoms with van der Waals surface area (Å²) in [6.45, 7) is -0.948. The molecule has 2 rings (SSSR count). The van der Waals surface area contributed by atoms with Crippen LogP contribution in [0.2, 0.25) is 5.02 Å². The molecule has 0 atom stereocenters. The Morgan fingerprint density at radius 3 is 2.81 bits per heavy atom. The van der Waals surface area contributed by atoms with Crippen molar-refractivity contribution >= 4 is 17.3 Å². The molecule has 0 spiro atoms. The molecule has 0 fully saturated rings. The van der Waals surface area contributed by atoms with Crippen molar-refractivity contribution in [1.82, 2.24) is 9.55 Å². The van der Waals surface area contributed by atoms with E-state index in [1.165, 1.54) is 19.5 Å². The third-order valence-electron chi connectivity index (χ3n) is 2.76. The van der Waals surface area contributed by atoms with Gasteiger partial charge in [-0.1, -0.05) is 17.7 Å². The van der Waals surface area contributed by atoms with Gasteiger partial charge >= 0.3 is 6.18 Å². The van der Waals surface area contributed by atoms with E-state index in [9.17, 15) is 13.2 Å². The van der Waals surface area contributed by atoms with Gasteiger partial charge in [-0.05, 0) is 12.1 Å². The summed E-state index contributed by atoms with van der Waals surface area (Å²) in [5.41, 5.74) is 0.589. The number of benzene rings is 1. The normalized spacial score (nSPS) is 11.5.